The van der Waals surface area contributed by atoms with Crippen LogP contribution >= 0.6 is 22.6 Å². The summed E-state index contributed by atoms with van der Waals surface area (Å²) < 4.78 is 6.79. The predicted molar refractivity (Wildman–Crippen MR) is 81.2 cm³/mol. The Morgan fingerprint density at radius 3 is 2.82 bits per heavy atom. The lowest BCUT2D eigenvalue weighted by atomic mass is 10.2. The van der Waals surface area contributed by atoms with Crippen LogP contribution in [0.1, 0.15) is 32.3 Å². The molecule has 1 aromatic carbocycles. The van der Waals surface area contributed by atoms with Gasteiger partial charge in [-0.25, -0.2) is 0 Å². The lowest BCUT2D eigenvalue weighted by Gasteiger charge is -2.08. The molecule has 0 aliphatic rings. The van der Waals surface area contributed by atoms with E-state index in [9.17, 15) is 0 Å². The van der Waals surface area contributed by atoms with Crippen LogP contribution in [-0.4, -0.2) is 19.3 Å². The number of unbranched alkanes of at least 4 members (excludes halogenated alkanes) is 1. The van der Waals surface area contributed by atoms with Gasteiger partial charge in [0.05, 0.1) is 6.10 Å². The topological polar surface area (TPSA) is 21.3 Å². The Bertz CT molecular complexity index is 315. The first-order valence-electron chi connectivity index (χ1n) is 6.25. The van der Waals surface area contributed by atoms with Crippen molar-refractivity contribution in [2.24, 2.45) is 0 Å². The van der Waals surface area contributed by atoms with E-state index in [4.69, 9.17) is 4.74 Å². The summed E-state index contributed by atoms with van der Waals surface area (Å²) in [5, 5.41) is 3.46. The molecule has 0 heterocycles. The number of rotatable bonds is 8. The molecule has 17 heavy (non-hydrogen) atoms. The fourth-order valence-corrected chi connectivity index (χ4v) is 2.16. The van der Waals surface area contributed by atoms with Gasteiger partial charge in [0, 0.05) is 16.7 Å². The van der Waals surface area contributed by atoms with Gasteiger partial charge in [-0.15, -0.1) is 0 Å². The zero-order chi connectivity index (χ0) is 12.5. The largest absolute Gasteiger partial charge is 0.379 e. The third-order valence-corrected chi connectivity index (χ3v) is 3.09. The van der Waals surface area contributed by atoms with Crippen LogP contribution < -0.4 is 5.32 Å². The van der Waals surface area contributed by atoms with Crippen LogP contribution in [0.3, 0.4) is 0 Å². The lowest BCUT2D eigenvalue weighted by molar-refractivity contribution is 0.0760. The van der Waals surface area contributed by atoms with Gasteiger partial charge in [-0.1, -0.05) is 12.1 Å². The Labute approximate surface area is 118 Å². The molecule has 0 atom stereocenters. The molecule has 0 saturated heterocycles. The van der Waals surface area contributed by atoms with Crippen molar-refractivity contribution in [1.29, 1.82) is 0 Å². The summed E-state index contributed by atoms with van der Waals surface area (Å²) in [6, 6.07) is 8.61. The Kier molecular flexibility index (Phi) is 7.81. The van der Waals surface area contributed by atoms with E-state index in [0.717, 1.165) is 26.1 Å². The van der Waals surface area contributed by atoms with Gasteiger partial charge in [0.1, 0.15) is 0 Å². The fraction of sp³-hybridized carbons (Fsp3) is 0.571. The van der Waals surface area contributed by atoms with E-state index in [-0.39, 0.29) is 0 Å². The summed E-state index contributed by atoms with van der Waals surface area (Å²) in [6.07, 6.45) is 2.67. The lowest BCUT2D eigenvalue weighted by Crippen LogP contribution is -2.15. The average molecular weight is 347 g/mol. The van der Waals surface area contributed by atoms with Crippen LogP contribution in [0.4, 0.5) is 0 Å². The Balaban J connectivity index is 2.01. The van der Waals surface area contributed by atoms with E-state index in [2.05, 4.69) is 66.0 Å². The van der Waals surface area contributed by atoms with Gasteiger partial charge >= 0.3 is 0 Å². The van der Waals surface area contributed by atoms with Crippen molar-refractivity contribution in [3.63, 3.8) is 0 Å². The van der Waals surface area contributed by atoms with Gasteiger partial charge in [0.2, 0.25) is 0 Å². The highest BCUT2D eigenvalue weighted by molar-refractivity contribution is 14.1. The zero-order valence-electron chi connectivity index (χ0n) is 10.7. The van der Waals surface area contributed by atoms with E-state index in [1.165, 1.54) is 15.6 Å². The molecule has 0 unspecified atom stereocenters. The number of halogens is 1. The summed E-state index contributed by atoms with van der Waals surface area (Å²) in [5.41, 5.74) is 1.36. The SMILES string of the molecule is CC(C)OCCCCNCc1cccc(I)c1. The number of benzene rings is 1. The maximum absolute atomic E-state index is 5.49. The number of hydrogen-bond acceptors (Lipinski definition) is 2. The van der Waals surface area contributed by atoms with Crippen LogP contribution in [0.15, 0.2) is 24.3 Å². The third kappa shape index (κ3) is 7.73. The van der Waals surface area contributed by atoms with Crippen molar-refractivity contribution in [2.75, 3.05) is 13.2 Å². The molecule has 1 rings (SSSR count). The van der Waals surface area contributed by atoms with Gasteiger partial charge in [0.15, 0.2) is 0 Å². The molecular weight excluding hydrogens is 325 g/mol. The molecule has 0 aliphatic carbocycles. The molecule has 1 N–H and O–H groups in total. The second-order valence-corrected chi connectivity index (χ2v) is 5.68. The van der Waals surface area contributed by atoms with Crippen LogP contribution in [-0.2, 0) is 11.3 Å². The van der Waals surface area contributed by atoms with Crippen molar-refractivity contribution in [2.45, 2.75) is 39.3 Å². The van der Waals surface area contributed by atoms with Gasteiger partial charge < -0.3 is 10.1 Å². The first-order chi connectivity index (χ1) is 8.18. The number of hydrogen-bond donors (Lipinski definition) is 1. The highest BCUT2D eigenvalue weighted by Crippen LogP contribution is 2.07. The van der Waals surface area contributed by atoms with Crippen LogP contribution in [0.2, 0.25) is 0 Å². The van der Waals surface area contributed by atoms with E-state index in [1.807, 2.05) is 0 Å². The number of ether oxygens (including phenoxy) is 1. The molecule has 96 valence electrons. The minimum absolute atomic E-state index is 0.356. The maximum Gasteiger partial charge on any atom is 0.0518 e. The minimum atomic E-state index is 0.356. The van der Waals surface area contributed by atoms with E-state index >= 15 is 0 Å². The molecule has 0 fully saturated rings. The van der Waals surface area contributed by atoms with E-state index in [1.54, 1.807) is 0 Å². The third-order valence-electron chi connectivity index (χ3n) is 2.42. The van der Waals surface area contributed by atoms with Gasteiger partial charge in [0.25, 0.3) is 0 Å². The molecule has 0 spiro atoms. The molecule has 0 aliphatic heterocycles. The molecule has 0 aromatic heterocycles. The molecule has 3 heteroatoms. The summed E-state index contributed by atoms with van der Waals surface area (Å²) in [4.78, 5) is 0. The van der Waals surface area contributed by atoms with E-state index < -0.39 is 0 Å². The summed E-state index contributed by atoms with van der Waals surface area (Å²) in [7, 11) is 0. The highest BCUT2D eigenvalue weighted by Gasteiger charge is 1.95. The summed E-state index contributed by atoms with van der Waals surface area (Å²) >= 11 is 2.35. The maximum atomic E-state index is 5.49. The van der Waals surface area contributed by atoms with Crippen molar-refractivity contribution in [3.05, 3.63) is 33.4 Å². The van der Waals surface area contributed by atoms with Crippen LogP contribution in [0.25, 0.3) is 0 Å². The molecule has 1 aromatic rings. The molecule has 2 nitrogen and oxygen atoms in total. The second-order valence-electron chi connectivity index (χ2n) is 4.43. The zero-order valence-corrected chi connectivity index (χ0v) is 12.9. The molecule has 0 amide bonds. The normalized spacial score (nSPS) is 11.1. The molecular formula is C14H22INO. The average Bonchev–Trinajstić information content (AvgIpc) is 2.27. The number of nitrogens with one attached hydrogen (secondary N) is 1. The molecule has 0 bridgehead atoms. The fourth-order valence-electron chi connectivity index (χ4n) is 1.55. The van der Waals surface area contributed by atoms with E-state index in [0.29, 0.717) is 6.10 Å². The first kappa shape index (κ1) is 14.9. The Morgan fingerprint density at radius 2 is 2.12 bits per heavy atom. The standard InChI is InChI=1S/C14H22INO/c1-12(2)17-9-4-3-8-16-11-13-6-5-7-14(15)10-13/h5-7,10,12,16H,3-4,8-9,11H2,1-2H3. The van der Waals surface area contributed by atoms with Crippen LogP contribution in [0.5, 0.6) is 0 Å². The predicted octanol–water partition coefficient (Wildman–Crippen LogP) is 3.59. The van der Waals surface area contributed by atoms with Gasteiger partial charge in [-0.2, -0.15) is 0 Å². The Morgan fingerprint density at radius 1 is 1.29 bits per heavy atom. The Hall–Kier alpha value is -0.130. The molecule has 0 radical (unpaired) electrons. The summed E-state index contributed by atoms with van der Waals surface area (Å²) in [5.74, 6) is 0. The van der Waals surface area contributed by atoms with Crippen molar-refractivity contribution < 1.29 is 4.74 Å². The molecule has 0 saturated carbocycles. The summed E-state index contributed by atoms with van der Waals surface area (Å²) in [6.45, 7) is 7.06. The van der Waals surface area contributed by atoms with Crippen molar-refractivity contribution >= 4 is 22.6 Å². The second kappa shape index (κ2) is 8.89. The highest BCUT2D eigenvalue weighted by atomic mass is 127. The van der Waals surface area contributed by atoms with Crippen molar-refractivity contribution in [1.82, 2.24) is 5.32 Å². The van der Waals surface area contributed by atoms with Crippen LogP contribution in [0, 0.1) is 3.57 Å². The van der Waals surface area contributed by atoms with Gasteiger partial charge in [-0.05, 0) is 73.5 Å². The monoisotopic (exact) mass is 347 g/mol. The van der Waals surface area contributed by atoms with Gasteiger partial charge in [-0.3, -0.25) is 0 Å². The first-order valence-corrected chi connectivity index (χ1v) is 7.33. The minimum Gasteiger partial charge on any atom is -0.379 e. The van der Waals surface area contributed by atoms with Crippen molar-refractivity contribution in [3.8, 4) is 0 Å². The smallest absolute Gasteiger partial charge is 0.0518 e. The quantitative estimate of drug-likeness (QED) is 0.573.